The molecule has 0 spiro atoms. The molecule has 0 saturated heterocycles. The van der Waals surface area contributed by atoms with Crippen LogP contribution >= 0.6 is 43.2 Å². The second-order valence-electron chi connectivity index (χ2n) is 4.46. The molecule has 0 radical (unpaired) electrons. The van der Waals surface area contributed by atoms with E-state index in [0.717, 1.165) is 31.7 Å². The van der Waals surface area contributed by atoms with Crippen molar-refractivity contribution in [2.45, 2.75) is 19.4 Å². The lowest BCUT2D eigenvalue weighted by molar-refractivity contribution is 0.442. The normalized spacial score (nSPS) is 12.7. The van der Waals surface area contributed by atoms with Gasteiger partial charge in [-0.3, -0.25) is 0 Å². The first-order valence-electron chi connectivity index (χ1n) is 6.26. The Kier molecular flexibility index (Phi) is 5.88. The summed E-state index contributed by atoms with van der Waals surface area (Å²) in [7, 11) is 0. The number of benzene rings is 1. The van der Waals surface area contributed by atoms with E-state index >= 15 is 0 Å². The highest BCUT2D eigenvalue weighted by Crippen LogP contribution is 2.38. The molecule has 0 aliphatic carbocycles. The number of rotatable bonds is 5. The van der Waals surface area contributed by atoms with Gasteiger partial charge in [-0.1, -0.05) is 6.92 Å². The van der Waals surface area contributed by atoms with Gasteiger partial charge in [-0.2, -0.15) is 0 Å². The third kappa shape index (κ3) is 3.88. The SMILES string of the molecule is CCCNC(c1cc(F)c(F)c(F)c1)c1cc(Br)c(Br)s1. The predicted molar refractivity (Wildman–Crippen MR) is 86.2 cm³/mol. The Morgan fingerprint density at radius 1 is 1.14 bits per heavy atom. The molecule has 0 amide bonds. The summed E-state index contributed by atoms with van der Waals surface area (Å²) >= 11 is 8.25. The minimum absolute atomic E-state index is 0.362. The van der Waals surface area contributed by atoms with Gasteiger partial charge in [-0.25, -0.2) is 13.2 Å². The van der Waals surface area contributed by atoms with E-state index < -0.39 is 17.5 Å². The summed E-state index contributed by atoms with van der Waals surface area (Å²) in [4.78, 5) is 0.882. The Morgan fingerprint density at radius 2 is 1.76 bits per heavy atom. The second kappa shape index (κ2) is 7.26. The van der Waals surface area contributed by atoms with Gasteiger partial charge in [0.05, 0.1) is 9.83 Å². The van der Waals surface area contributed by atoms with E-state index in [-0.39, 0.29) is 6.04 Å². The van der Waals surface area contributed by atoms with Crippen LogP contribution in [0.2, 0.25) is 0 Å². The highest BCUT2D eigenvalue weighted by molar-refractivity contribution is 9.13. The summed E-state index contributed by atoms with van der Waals surface area (Å²) < 4.78 is 41.8. The van der Waals surface area contributed by atoms with Gasteiger partial charge in [0.1, 0.15) is 0 Å². The van der Waals surface area contributed by atoms with Crippen LogP contribution in [-0.2, 0) is 0 Å². The molecule has 0 aliphatic heterocycles. The molecule has 2 rings (SSSR count). The Morgan fingerprint density at radius 3 is 2.24 bits per heavy atom. The smallest absolute Gasteiger partial charge is 0.194 e. The molecule has 1 aromatic carbocycles. The van der Waals surface area contributed by atoms with Crippen LogP contribution in [0.1, 0.15) is 29.8 Å². The molecular weight excluding hydrogens is 431 g/mol. The van der Waals surface area contributed by atoms with Crippen LogP contribution < -0.4 is 5.32 Å². The predicted octanol–water partition coefficient (Wildman–Crippen LogP) is 5.78. The zero-order valence-corrected chi connectivity index (χ0v) is 15.0. The largest absolute Gasteiger partial charge is 0.306 e. The van der Waals surface area contributed by atoms with Crippen LogP contribution in [0, 0.1) is 17.5 Å². The van der Waals surface area contributed by atoms with Gasteiger partial charge in [-0.05, 0) is 68.6 Å². The maximum absolute atomic E-state index is 13.5. The molecule has 1 nitrogen and oxygen atoms in total. The molecule has 7 heteroatoms. The fraction of sp³-hybridized carbons (Fsp3) is 0.286. The first-order chi connectivity index (χ1) is 9.93. The van der Waals surface area contributed by atoms with Crippen LogP contribution in [0.4, 0.5) is 13.2 Å². The Hall–Kier alpha value is -0.370. The minimum Gasteiger partial charge on any atom is -0.306 e. The first kappa shape index (κ1) is 17.0. The number of thiophene rings is 1. The first-order valence-corrected chi connectivity index (χ1v) is 8.66. The average molecular weight is 443 g/mol. The molecule has 0 bridgehead atoms. The molecule has 1 unspecified atom stereocenters. The summed E-state index contributed by atoms with van der Waals surface area (Å²) in [5.41, 5.74) is 0.362. The molecule has 1 N–H and O–H groups in total. The Labute approximate surface area is 141 Å². The average Bonchev–Trinajstić information content (AvgIpc) is 2.76. The lowest BCUT2D eigenvalue weighted by Gasteiger charge is -2.18. The van der Waals surface area contributed by atoms with Crippen LogP contribution in [0.5, 0.6) is 0 Å². The van der Waals surface area contributed by atoms with E-state index in [9.17, 15) is 13.2 Å². The Bertz CT molecular complexity index is 603. The van der Waals surface area contributed by atoms with Crippen LogP contribution in [0.15, 0.2) is 26.5 Å². The molecule has 1 aromatic heterocycles. The highest BCUT2D eigenvalue weighted by atomic mass is 79.9. The van der Waals surface area contributed by atoms with E-state index in [0.29, 0.717) is 12.1 Å². The summed E-state index contributed by atoms with van der Waals surface area (Å²) in [6.45, 7) is 2.68. The van der Waals surface area contributed by atoms with E-state index in [2.05, 4.69) is 37.2 Å². The van der Waals surface area contributed by atoms with Crippen molar-refractivity contribution in [1.82, 2.24) is 5.32 Å². The molecule has 0 aliphatic rings. The van der Waals surface area contributed by atoms with E-state index in [1.165, 1.54) is 11.3 Å². The van der Waals surface area contributed by atoms with E-state index in [1.807, 2.05) is 13.0 Å². The van der Waals surface area contributed by atoms with Gasteiger partial charge < -0.3 is 5.32 Å². The topological polar surface area (TPSA) is 12.0 Å². The zero-order valence-electron chi connectivity index (χ0n) is 11.0. The summed E-state index contributed by atoms with van der Waals surface area (Å²) in [6, 6.07) is 3.56. The third-order valence-corrected chi connectivity index (χ3v) is 6.21. The van der Waals surface area contributed by atoms with Gasteiger partial charge in [-0.15, -0.1) is 11.3 Å². The van der Waals surface area contributed by atoms with Crippen molar-refractivity contribution in [1.29, 1.82) is 0 Å². The summed E-state index contributed by atoms with van der Waals surface area (Å²) in [6.07, 6.45) is 0.871. The molecule has 1 atom stereocenters. The van der Waals surface area contributed by atoms with Gasteiger partial charge in [0.2, 0.25) is 0 Å². The molecular formula is C14H12Br2F3NS. The number of hydrogen-bond acceptors (Lipinski definition) is 2. The fourth-order valence-corrected chi connectivity index (χ4v) is 4.11. The fourth-order valence-electron chi connectivity index (χ4n) is 1.92. The minimum atomic E-state index is -1.44. The number of halogens is 5. The van der Waals surface area contributed by atoms with Crippen molar-refractivity contribution in [2.75, 3.05) is 6.54 Å². The number of hydrogen-bond donors (Lipinski definition) is 1. The third-order valence-electron chi connectivity index (χ3n) is 2.89. The van der Waals surface area contributed by atoms with Gasteiger partial charge in [0.15, 0.2) is 17.5 Å². The van der Waals surface area contributed by atoms with Crippen LogP contribution in [0.3, 0.4) is 0 Å². The molecule has 21 heavy (non-hydrogen) atoms. The molecule has 0 saturated carbocycles. The Balaban J connectivity index is 2.45. The van der Waals surface area contributed by atoms with E-state index in [4.69, 9.17) is 0 Å². The van der Waals surface area contributed by atoms with Crippen molar-refractivity contribution >= 4 is 43.2 Å². The standard InChI is InChI=1S/C14H12Br2F3NS/c1-2-3-20-13(11-6-8(15)14(16)21-11)7-4-9(17)12(19)10(18)5-7/h4-6,13,20H,2-3H2,1H3. The lowest BCUT2D eigenvalue weighted by atomic mass is 10.0. The lowest BCUT2D eigenvalue weighted by Crippen LogP contribution is -2.22. The molecule has 1 heterocycles. The van der Waals surface area contributed by atoms with Crippen molar-refractivity contribution in [2.24, 2.45) is 0 Å². The van der Waals surface area contributed by atoms with E-state index in [1.54, 1.807) is 0 Å². The second-order valence-corrected chi connectivity index (χ2v) is 7.71. The maximum atomic E-state index is 13.5. The molecule has 0 fully saturated rings. The maximum Gasteiger partial charge on any atom is 0.194 e. The summed E-state index contributed by atoms with van der Waals surface area (Å²) in [5.74, 6) is -3.80. The summed E-state index contributed by atoms with van der Waals surface area (Å²) in [5, 5.41) is 3.23. The van der Waals surface area contributed by atoms with Crippen molar-refractivity contribution in [3.8, 4) is 0 Å². The quantitative estimate of drug-likeness (QED) is 0.578. The zero-order chi connectivity index (χ0) is 15.6. The van der Waals surface area contributed by atoms with Crippen LogP contribution in [-0.4, -0.2) is 6.54 Å². The van der Waals surface area contributed by atoms with Crippen molar-refractivity contribution < 1.29 is 13.2 Å². The molecule has 2 aromatic rings. The highest BCUT2D eigenvalue weighted by Gasteiger charge is 2.21. The molecule has 114 valence electrons. The van der Waals surface area contributed by atoms with Gasteiger partial charge in [0.25, 0.3) is 0 Å². The van der Waals surface area contributed by atoms with Gasteiger partial charge >= 0.3 is 0 Å². The number of nitrogens with one attached hydrogen (secondary N) is 1. The van der Waals surface area contributed by atoms with Gasteiger partial charge in [0, 0.05) is 9.35 Å². The van der Waals surface area contributed by atoms with Crippen molar-refractivity contribution in [3.05, 3.63) is 54.4 Å². The van der Waals surface area contributed by atoms with Crippen LogP contribution in [0.25, 0.3) is 0 Å². The monoisotopic (exact) mass is 441 g/mol. The van der Waals surface area contributed by atoms with Crippen molar-refractivity contribution in [3.63, 3.8) is 0 Å².